The molecule has 3 nitrogen and oxygen atoms in total. The van der Waals surface area contributed by atoms with Crippen LogP contribution in [0, 0.1) is 5.82 Å². The Kier molecular flexibility index (Phi) is 5.13. The zero-order valence-corrected chi connectivity index (χ0v) is 15.2. The van der Waals surface area contributed by atoms with E-state index in [9.17, 15) is 4.39 Å². The average Bonchev–Trinajstić information content (AvgIpc) is 3.17. The molecule has 4 rings (SSSR count). The first kappa shape index (κ1) is 17.9. The third-order valence-corrected chi connectivity index (χ3v) is 4.55. The highest BCUT2D eigenvalue weighted by Gasteiger charge is 2.16. The molecular formula is C24H19FN2O. The van der Waals surface area contributed by atoms with Gasteiger partial charge in [0.25, 0.3) is 0 Å². The van der Waals surface area contributed by atoms with E-state index in [1.54, 1.807) is 41.2 Å². The summed E-state index contributed by atoms with van der Waals surface area (Å²) in [5.74, 6) is -0.316. The van der Waals surface area contributed by atoms with Crippen LogP contribution in [0.1, 0.15) is 5.56 Å². The van der Waals surface area contributed by atoms with Crippen molar-refractivity contribution in [3.8, 4) is 28.1 Å². The third kappa shape index (κ3) is 3.50. The number of aromatic nitrogens is 2. The first-order chi connectivity index (χ1) is 13.8. The van der Waals surface area contributed by atoms with E-state index in [0.29, 0.717) is 11.3 Å². The molecule has 28 heavy (non-hydrogen) atoms. The van der Waals surface area contributed by atoms with Gasteiger partial charge in [0.05, 0.1) is 24.2 Å². The topological polar surface area (TPSA) is 38.1 Å². The van der Waals surface area contributed by atoms with E-state index in [2.05, 4.69) is 17.2 Å². The normalized spacial score (nSPS) is 11.2. The predicted octanol–water partition coefficient (Wildman–Crippen LogP) is 5.35. The van der Waals surface area contributed by atoms with Gasteiger partial charge in [-0.25, -0.2) is 9.07 Å². The van der Waals surface area contributed by atoms with Crippen molar-refractivity contribution in [3.63, 3.8) is 0 Å². The Bertz CT molecular complexity index is 1100. The van der Waals surface area contributed by atoms with Crippen LogP contribution in [0.3, 0.4) is 0 Å². The van der Waals surface area contributed by atoms with Gasteiger partial charge in [-0.1, -0.05) is 66.7 Å². The van der Waals surface area contributed by atoms with Gasteiger partial charge in [-0.15, -0.1) is 0 Å². The van der Waals surface area contributed by atoms with Gasteiger partial charge in [0, 0.05) is 11.1 Å². The Hall–Kier alpha value is -3.50. The van der Waals surface area contributed by atoms with Gasteiger partial charge < -0.3 is 5.11 Å². The number of hydrogen-bond acceptors (Lipinski definition) is 2. The van der Waals surface area contributed by atoms with Crippen LogP contribution < -0.4 is 0 Å². The number of benzene rings is 3. The molecule has 138 valence electrons. The summed E-state index contributed by atoms with van der Waals surface area (Å²) in [6.07, 6.45) is 5.05. The van der Waals surface area contributed by atoms with Crippen LogP contribution in [-0.2, 0) is 0 Å². The Labute approximate surface area is 163 Å². The van der Waals surface area contributed by atoms with E-state index in [4.69, 9.17) is 5.11 Å². The molecule has 4 heteroatoms. The van der Waals surface area contributed by atoms with Crippen molar-refractivity contribution in [1.82, 2.24) is 9.78 Å². The van der Waals surface area contributed by atoms with E-state index in [1.165, 1.54) is 6.07 Å². The molecule has 0 aliphatic rings. The Balaban J connectivity index is 1.81. The van der Waals surface area contributed by atoms with Crippen molar-refractivity contribution in [2.45, 2.75) is 0 Å². The molecule has 4 aromatic rings. The predicted molar refractivity (Wildman–Crippen MR) is 111 cm³/mol. The maximum Gasteiger partial charge on any atom is 0.132 e. The fraction of sp³-hybridized carbons (Fsp3) is 0.0417. The highest BCUT2D eigenvalue weighted by atomic mass is 19.1. The van der Waals surface area contributed by atoms with Crippen LogP contribution >= 0.6 is 0 Å². The maximum absolute atomic E-state index is 14.5. The highest BCUT2D eigenvalue weighted by Crippen LogP contribution is 2.30. The van der Waals surface area contributed by atoms with Crippen molar-refractivity contribution in [1.29, 1.82) is 0 Å². The van der Waals surface area contributed by atoms with Crippen LogP contribution in [0.2, 0.25) is 0 Å². The number of hydrogen-bond donors (Lipinski definition) is 1. The fourth-order valence-electron chi connectivity index (χ4n) is 3.21. The molecule has 0 spiro atoms. The van der Waals surface area contributed by atoms with Crippen molar-refractivity contribution in [3.05, 3.63) is 103 Å². The molecule has 0 aliphatic carbocycles. The number of aliphatic hydroxyl groups is 1. The molecule has 0 unspecified atom stereocenters. The number of rotatable bonds is 5. The minimum absolute atomic E-state index is 0.0896. The highest BCUT2D eigenvalue weighted by molar-refractivity contribution is 5.74. The molecule has 0 amide bonds. The summed E-state index contributed by atoms with van der Waals surface area (Å²) in [7, 11) is 0. The Morgan fingerprint density at radius 3 is 2.25 bits per heavy atom. The van der Waals surface area contributed by atoms with E-state index in [-0.39, 0.29) is 12.4 Å². The largest absolute Gasteiger partial charge is 0.392 e. The summed E-state index contributed by atoms with van der Waals surface area (Å²) in [4.78, 5) is 0. The quantitative estimate of drug-likeness (QED) is 0.514. The summed E-state index contributed by atoms with van der Waals surface area (Å²) in [6.45, 7) is -0.0896. The zero-order chi connectivity index (χ0) is 19.3. The molecule has 1 aromatic heterocycles. The summed E-state index contributed by atoms with van der Waals surface area (Å²) in [6, 6.07) is 24.8. The number of aliphatic hydroxyl groups excluding tert-OH is 1. The lowest BCUT2D eigenvalue weighted by molar-refractivity contribution is 0.343. The fourth-order valence-corrected chi connectivity index (χ4v) is 3.21. The molecule has 0 atom stereocenters. The SMILES string of the molecule is OC/C=C/c1cnn(-c2ccc(-c3ccccc3)cc2)c1-c1ccccc1F. The van der Waals surface area contributed by atoms with Crippen molar-refractivity contribution >= 4 is 6.08 Å². The summed E-state index contributed by atoms with van der Waals surface area (Å²) in [5, 5.41) is 13.6. The minimum atomic E-state index is -0.316. The molecule has 1 heterocycles. The van der Waals surface area contributed by atoms with Gasteiger partial charge >= 0.3 is 0 Å². The Morgan fingerprint density at radius 2 is 1.54 bits per heavy atom. The van der Waals surface area contributed by atoms with Gasteiger partial charge in [-0.3, -0.25) is 0 Å². The van der Waals surface area contributed by atoms with E-state index < -0.39 is 0 Å². The molecule has 0 bridgehead atoms. The van der Waals surface area contributed by atoms with Crippen molar-refractivity contribution in [2.24, 2.45) is 0 Å². The second-order valence-corrected chi connectivity index (χ2v) is 6.34. The molecule has 0 aliphatic heterocycles. The summed E-state index contributed by atoms with van der Waals surface area (Å²) >= 11 is 0. The van der Waals surface area contributed by atoms with Gasteiger partial charge in [-0.2, -0.15) is 5.10 Å². The van der Waals surface area contributed by atoms with E-state index in [0.717, 1.165) is 22.4 Å². The zero-order valence-electron chi connectivity index (χ0n) is 15.2. The number of nitrogens with zero attached hydrogens (tertiary/aromatic N) is 2. The molecule has 0 saturated carbocycles. The lowest BCUT2D eigenvalue weighted by Gasteiger charge is -2.11. The van der Waals surface area contributed by atoms with Gasteiger partial charge in [0.15, 0.2) is 0 Å². The first-order valence-electron chi connectivity index (χ1n) is 9.04. The molecule has 3 aromatic carbocycles. The lowest BCUT2D eigenvalue weighted by atomic mass is 10.0. The first-order valence-corrected chi connectivity index (χ1v) is 9.04. The second kappa shape index (κ2) is 8.03. The molecule has 0 saturated heterocycles. The van der Waals surface area contributed by atoms with Crippen LogP contribution in [0.15, 0.2) is 91.1 Å². The minimum Gasteiger partial charge on any atom is -0.392 e. The molecule has 0 radical (unpaired) electrons. The monoisotopic (exact) mass is 370 g/mol. The molecular weight excluding hydrogens is 351 g/mol. The van der Waals surface area contributed by atoms with Crippen LogP contribution in [0.5, 0.6) is 0 Å². The van der Waals surface area contributed by atoms with Crippen LogP contribution in [-0.4, -0.2) is 21.5 Å². The Morgan fingerprint density at radius 1 is 0.857 bits per heavy atom. The van der Waals surface area contributed by atoms with Crippen LogP contribution in [0.25, 0.3) is 34.1 Å². The third-order valence-electron chi connectivity index (χ3n) is 4.55. The van der Waals surface area contributed by atoms with Crippen molar-refractivity contribution < 1.29 is 9.50 Å². The standard InChI is InChI=1S/C24H19FN2O/c25-23-11-5-4-10-22(23)24-20(9-6-16-28)17-26-27(24)21-14-12-19(13-15-21)18-7-2-1-3-8-18/h1-15,17,28H,16H2/b9-6+. The van der Waals surface area contributed by atoms with Gasteiger partial charge in [-0.05, 0) is 35.4 Å². The molecule has 1 N–H and O–H groups in total. The second-order valence-electron chi connectivity index (χ2n) is 6.34. The average molecular weight is 370 g/mol. The summed E-state index contributed by atoms with van der Waals surface area (Å²) in [5.41, 5.74) is 4.92. The maximum atomic E-state index is 14.5. The lowest BCUT2D eigenvalue weighted by Crippen LogP contribution is -2.00. The van der Waals surface area contributed by atoms with Crippen molar-refractivity contribution in [2.75, 3.05) is 6.61 Å². The summed E-state index contributed by atoms with van der Waals surface area (Å²) < 4.78 is 16.2. The van der Waals surface area contributed by atoms with E-state index in [1.807, 2.05) is 42.5 Å². The van der Waals surface area contributed by atoms with Crippen LogP contribution in [0.4, 0.5) is 4.39 Å². The molecule has 0 fully saturated rings. The number of halogens is 1. The van der Waals surface area contributed by atoms with Gasteiger partial charge in [0.1, 0.15) is 5.82 Å². The smallest absolute Gasteiger partial charge is 0.132 e. The van der Waals surface area contributed by atoms with E-state index >= 15 is 0 Å². The van der Waals surface area contributed by atoms with Gasteiger partial charge in [0.2, 0.25) is 0 Å².